The molecule has 2 N–H and O–H groups in total. The Balaban J connectivity index is 2.14. The SMILES string of the molecule is CC(C)[C@](C)(C#N)NC(=O)CN(CCO)[C@@H]1CCCc2ccccc21. The molecule has 0 saturated heterocycles. The number of aliphatic hydroxyl groups excluding tert-OH is 1. The summed E-state index contributed by atoms with van der Waals surface area (Å²) in [5.74, 6) is -0.155. The number of benzene rings is 1. The smallest absolute Gasteiger partial charge is 0.235 e. The third-order valence-electron chi connectivity index (χ3n) is 5.30. The molecule has 0 radical (unpaired) electrons. The predicted molar refractivity (Wildman–Crippen MR) is 97.8 cm³/mol. The molecule has 0 bridgehead atoms. The van der Waals surface area contributed by atoms with Crippen molar-refractivity contribution in [2.45, 2.75) is 51.6 Å². The van der Waals surface area contributed by atoms with Gasteiger partial charge in [0.2, 0.25) is 5.91 Å². The average molecular weight is 343 g/mol. The third kappa shape index (κ3) is 4.59. The Kier molecular flexibility index (Phi) is 6.57. The summed E-state index contributed by atoms with van der Waals surface area (Å²) >= 11 is 0. The molecule has 5 nitrogen and oxygen atoms in total. The van der Waals surface area contributed by atoms with E-state index in [9.17, 15) is 15.2 Å². The van der Waals surface area contributed by atoms with Crippen LogP contribution in [0.5, 0.6) is 0 Å². The number of nitrogens with one attached hydrogen (secondary N) is 1. The number of aryl methyl sites for hydroxylation is 1. The minimum atomic E-state index is -0.882. The summed E-state index contributed by atoms with van der Waals surface area (Å²) in [6, 6.07) is 10.7. The average Bonchev–Trinajstić information content (AvgIpc) is 2.60. The molecule has 0 unspecified atom stereocenters. The highest BCUT2D eigenvalue weighted by Crippen LogP contribution is 2.34. The molecule has 0 spiro atoms. The van der Waals surface area contributed by atoms with Crippen LogP contribution < -0.4 is 5.32 Å². The highest BCUT2D eigenvalue weighted by atomic mass is 16.3. The van der Waals surface area contributed by atoms with Crippen LogP contribution >= 0.6 is 0 Å². The van der Waals surface area contributed by atoms with Gasteiger partial charge in [-0.2, -0.15) is 5.26 Å². The number of carbonyl (C=O) groups excluding carboxylic acids is 1. The molecule has 0 aromatic heterocycles. The van der Waals surface area contributed by atoms with Crippen molar-refractivity contribution in [3.63, 3.8) is 0 Å². The molecule has 1 aromatic rings. The molecular formula is C20H29N3O2. The Labute approximate surface area is 150 Å². The largest absolute Gasteiger partial charge is 0.395 e. The highest BCUT2D eigenvalue weighted by molar-refractivity contribution is 5.79. The van der Waals surface area contributed by atoms with E-state index in [1.54, 1.807) is 6.92 Å². The number of fused-ring (bicyclic) bond motifs is 1. The van der Waals surface area contributed by atoms with Gasteiger partial charge in [-0.25, -0.2) is 0 Å². The Morgan fingerprint density at radius 3 is 2.84 bits per heavy atom. The van der Waals surface area contributed by atoms with Gasteiger partial charge in [0.25, 0.3) is 0 Å². The van der Waals surface area contributed by atoms with Gasteiger partial charge in [-0.05, 0) is 43.2 Å². The monoisotopic (exact) mass is 343 g/mol. The fourth-order valence-corrected chi connectivity index (χ4v) is 3.40. The fraction of sp³-hybridized carbons (Fsp3) is 0.600. The number of rotatable bonds is 7. The van der Waals surface area contributed by atoms with E-state index >= 15 is 0 Å². The second-order valence-corrected chi connectivity index (χ2v) is 7.32. The summed E-state index contributed by atoms with van der Waals surface area (Å²) in [7, 11) is 0. The molecule has 1 aliphatic carbocycles. The van der Waals surface area contributed by atoms with Crippen molar-refractivity contribution in [2.24, 2.45) is 5.92 Å². The zero-order chi connectivity index (χ0) is 18.4. The maximum atomic E-state index is 12.6. The third-order valence-corrected chi connectivity index (χ3v) is 5.30. The summed E-state index contributed by atoms with van der Waals surface area (Å²) in [6.45, 7) is 6.23. The first-order valence-corrected chi connectivity index (χ1v) is 9.06. The van der Waals surface area contributed by atoms with Gasteiger partial charge in [0.15, 0.2) is 0 Å². The van der Waals surface area contributed by atoms with E-state index in [0.29, 0.717) is 6.54 Å². The second kappa shape index (κ2) is 8.46. The van der Waals surface area contributed by atoms with Gasteiger partial charge in [-0.3, -0.25) is 9.69 Å². The topological polar surface area (TPSA) is 76.4 Å². The Bertz CT molecular complexity index is 638. The normalized spacial score (nSPS) is 19.2. The van der Waals surface area contributed by atoms with Crippen molar-refractivity contribution in [1.82, 2.24) is 10.2 Å². The first-order valence-electron chi connectivity index (χ1n) is 9.06. The summed E-state index contributed by atoms with van der Waals surface area (Å²) in [4.78, 5) is 14.6. The van der Waals surface area contributed by atoms with E-state index in [1.165, 1.54) is 11.1 Å². The summed E-state index contributed by atoms with van der Waals surface area (Å²) < 4.78 is 0. The predicted octanol–water partition coefficient (Wildman–Crippen LogP) is 2.41. The molecule has 1 amide bonds. The molecule has 0 heterocycles. The number of hydrogen-bond donors (Lipinski definition) is 2. The van der Waals surface area contributed by atoms with Crippen LogP contribution in [0, 0.1) is 17.2 Å². The van der Waals surface area contributed by atoms with Gasteiger partial charge in [-0.15, -0.1) is 0 Å². The molecular weight excluding hydrogens is 314 g/mol. The molecule has 2 atom stereocenters. The summed E-state index contributed by atoms with van der Waals surface area (Å²) in [5, 5.41) is 21.7. The van der Waals surface area contributed by atoms with E-state index in [4.69, 9.17) is 0 Å². The van der Waals surface area contributed by atoms with Gasteiger partial charge in [0, 0.05) is 12.6 Å². The zero-order valence-electron chi connectivity index (χ0n) is 15.5. The summed E-state index contributed by atoms with van der Waals surface area (Å²) in [6.07, 6.45) is 3.11. The van der Waals surface area contributed by atoms with Crippen LogP contribution in [0.3, 0.4) is 0 Å². The van der Waals surface area contributed by atoms with Gasteiger partial charge >= 0.3 is 0 Å². The van der Waals surface area contributed by atoms with Gasteiger partial charge in [-0.1, -0.05) is 38.1 Å². The zero-order valence-corrected chi connectivity index (χ0v) is 15.5. The van der Waals surface area contributed by atoms with Crippen molar-refractivity contribution in [2.75, 3.05) is 19.7 Å². The van der Waals surface area contributed by atoms with Crippen molar-refractivity contribution in [1.29, 1.82) is 5.26 Å². The van der Waals surface area contributed by atoms with Crippen LogP contribution in [-0.2, 0) is 11.2 Å². The van der Waals surface area contributed by atoms with Crippen LogP contribution in [0.15, 0.2) is 24.3 Å². The minimum absolute atomic E-state index is 0.00560. The van der Waals surface area contributed by atoms with E-state index in [2.05, 4.69) is 23.5 Å². The van der Waals surface area contributed by atoms with E-state index in [0.717, 1.165) is 19.3 Å². The molecule has 5 heteroatoms. The Morgan fingerprint density at radius 1 is 1.48 bits per heavy atom. The van der Waals surface area contributed by atoms with Crippen molar-refractivity contribution < 1.29 is 9.90 Å². The number of nitrogens with zero attached hydrogens (tertiary/aromatic N) is 2. The van der Waals surface area contributed by atoms with Crippen LogP contribution in [0.2, 0.25) is 0 Å². The molecule has 2 rings (SSSR count). The van der Waals surface area contributed by atoms with Crippen molar-refractivity contribution in [3.8, 4) is 6.07 Å². The van der Waals surface area contributed by atoms with Crippen molar-refractivity contribution in [3.05, 3.63) is 35.4 Å². The highest BCUT2D eigenvalue weighted by Gasteiger charge is 2.32. The molecule has 0 saturated carbocycles. The van der Waals surface area contributed by atoms with E-state index in [-0.39, 0.29) is 31.0 Å². The van der Waals surface area contributed by atoms with E-state index < -0.39 is 5.54 Å². The van der Waals surface area contributed by atoms with Crippen LogP contribution in [0.4, 0.5) is 0 Å². The van der Waals surface area contributed by atoms with Gasteiger partial charge in [0.1, 0.15) is 5.54 Å². The second-order valence-electron chi connectivity index (χ2n) is 7.32. The first kappa shape index (κ1) is 19.4. The van der Waals surface area contributed by atoms with Crippen molar-refractivity contribution >= 4 is 5.91 Å². The summed E-state index contributed by atoms with van der Waals surface area (Å²) in [5.41, 5.74) is 1.69. The Hall–Kier alpha value is -1.90. The number of nitriles is 1. The maximum absolute atomic E-state index is 12.6. The van der Waals surface area contributed by atoms with Gasteiger partial charge in [0.05, 0.1) is 19.2 Å². The maximum Gasteiger partial charge on any atom is 0.235 e. The lowest BCUT2D eigenvalue weighted by molar-refractivity contribution is -0.124. The minimum Gasteiger partial charge on any atom is -0.395 e. The standard InChI is InChI=1S/C20H29N3O2/c1-15(2)20(3,14-21)22-19(25)13-23(11-12-24)18-10-6-8-16-7-4-5-9-17(16)18/h4-5,7,9,15,18,24H,6,8,10-13H2,1-3H3,(H,22,25)/t18-,20+/m1/s1. The number of amides is 1. The number of carbonyl (C=O) groups is 1. The molecule has 1 aromatic carbocycles. The van der Waals surface area contributed by atoms with Crippen LogP contribution in [0.25, 0.3) is 0 Å². The molecule has 1 aliphatic rings. The van der Waals surface area contributed by atoms with Gasteiger partial charge < -0.3 is 10.4 Å². The lowest BCUT2D eigenvalue weighted by atomic mass is 9.86. The quantitative estimate of drug-likeness (QED) is 0.797. The fourth-order valence-electron chi connectivity index (χ4n) is 3.40. The van der Waals surface area contributed by atoms with E-state index in [1.807, 2.05) is 30.9 Å². The molecule has 136 valence electrons. The lowest BCUT2D eigenvalue weighted by Crippen LogP contribution is -2.52. The number of aliphatic hydroxyl groups is 1. The molecule has 0 fully saturated rings. The lowest BCUT2D eigenvalue weighted by Gasteiger charge is -2.36. The van der Waals surface area contributed by atoms with Crippen LogP contribution in [0.1, 0.15) is 50.8 Å². The number of hydrogen-bond acceptors (Lipinski definition) is 4. The molecule has 0 aliphatic heterocycles. The molecule has 25 heavy (non-hydrogen) atoms. The van der Waals surface area contributed by atoms with Crippen LogP contribution in [-0.4, -0.2) is 41.1 Å². The first-order chi connectivity index (χ1) is 11.9. The Morgan fingerprint density at radius 2 is 2.20 bits per heavy atom.